The molecule has 0 radical (unpaired) electrons. The van der Waals surface area contributed by atoms with E-state index < -0.39 is 34.6 Å². The number of hydrogen-bond acceptors (Lipinski definition) is 1. The second-order valence-corrected chi connectivity index (χ2v) is 6.64. The summed E-state index contributed by atoms with van der Waals surface area (Å²) in [4.78, 5) is 0. The second kappa shape index (κ2) is 7.46. The summed E-state index contributed by atoms with van der Waals surface area (Å²) in [7, 11) is 0. The third kappa shape index (κ3) is 3.51. The standard InChI is InChI=1S/C20H20F4O/c21-16-15(17(22)19(24)20(25)18(16)23)14-10-8-13(9-11-14)12-6-4-2-1-3-5-7-12/h8-12,25H,1-7H2. The van der Waals surface area contributed by atoms with Crippen LogP contribution in [0.2, 0.25) is 0 Å². The molecule has 2 aromatic carbocycles. The Morgan fingerprint density at radius 1 is 0.680 bits per heavy atom. The predicted octanol–water partition coefficient (Wildman–Crippen LogP) is 6.44. The van der Waals surface area contributed by atoms with Gasteiger partial charge in [0.2, 0.25) is 11.6 Å². The Hall–Kier alpha value is -2.04. The van der Waals surface area contributed by atoms with Gasteiger partial charge in [-0.15, -0.1) is 0 Å². The fourth-order valence-electron chi connectivity index (χ4n) is 3.58. The van der Waals surface area contributed by atoms with Crippen molar-refractivity contribution >= 4 is 0 Å². The van der Waals surface area contributed by atoms with Crippen molar-refractivity contribution in [1.82, 2.24) is 0 Å². The topological polar surface area (TPSA) is 20.2 Å². The molecular formula is C20H20F4O. The summed E-state index contributed by atoms with van der Waals surface area (Å²) in [5.41, 5.74) is 0.325. The summed E-state index contributed by atoms with van der Waals surface area (Å²) < 4.78 is 55.1. The first-order valence-electron chi connectivity index (χ1n) is 8.66. The van der Waals surface area contributed by atoms with Crippen LogP contribution in [-0.2, 0) is 0 Å². The van der Waals surface area contributed by atoms with E-state index in [0.29, 0.717) is 5.92 Å². The highest BCUT2D eigenvalue weighted by Crippen LogP contribution is 2.36. The fraction of sp³-hybridized carbons (Fsp3) is 0.400. The zero-order valence-electron chi connectivity index (χ0n) is 13.8. The zero-order valence-corrected chi connectivity index (χ0v) is 13.8. The van der Waals surface area contributed by atoms with Gasteiger partial charge in [-0.1, -0.05) is 56.4 Å². The summed E-state index contributed by atoms with van der Waals surface area (Å²) in [6.07, 6.45) is 8.17. The molecule has 0 bridgehead atoms. The third-order valence-corrected chi connectivity index (χ3v) is 5.02. The molecular weight excluding hydrogens is 332 g/mol. The Morgan fingerprint density at radius 2 is 1.16 bits per heavy atom. The molecule has 0 spiro atoms. The molecule has 0 aromatic heterocycles. The number of benzene rings is 2. The SMILES string of the molecule is Oc1c(F)c(F)c(-c2ccc(C3CCCCCCC3)cc2)c(F)c1F. The number of phenols is 1. The summed E-state index contributed by atoms with van der Waals surface area (Å²) in [6, 6.07) is 6.49. The minimum atomic E-state index is -1.78. The molecule has 2 aromatic rings. The molecule has 25 heavy (non-hydrogen) atoms. The molecule has 0 aliphatic heterocycles. The number of halogens is 4. The van der Waals surface area contributed by atoms with Gasteiger partial charge in [-0.25, -0.2) is 8.78 Å². The molecule has 0 unspecified atom stereocenters. The van der Waals surface area contributed by atoms with E-state index in [4.69, 9.17) is 5.11 Å². The van der Waals surface area contributed by atoms with E-state index in [1.54, 1.807) is 12.1 Å². The van der Waals surface area contributed by atoms with Crippen LogP contribution in [0.5, 0.6) is 5.75 Å². The molecule has 5 heteroatoms. The third-order valence-electron chi connectivity index (χ3n) is 5.02. The van der Waals surface area contributed by atoms with Crippen LogP contribution in [0.15, 0.2) is 24.3 Å². The van der Waals surface area contributed by atoms with Gasteiger partial charge in [-0.2, -0.15) is 8.78 Å². The monoisotopic (exact) mass is 352 g/mol. The van der Waals surface area contributed by atoms with Crippen LogP contribution in [0, 0.1) is 23.3 Å². The van der Waals surface area contributed by atoms with E-state index in [0.717, 1.165) is 31.2 Å². The Balaban J connectivity index is 1.93. The molecule has 1 nitrogen and oxygen atoms in total. The van der Waals surface area contributed by atoms with Crippen LogP contribution in [0.4, 0.5) is 17.6 Å². The summed E-state index contributed by atoms with van der Waals surface area (Å²) in [5.74, 6) is -7.97. The maximum Gasteiger partial charge on any atom is 0.204 e. The largest absolute Gasteiger partial charge is 0.503 e. The van der Waals surface area contributed by atoms with E-state index in [-0.39, 0.29) is 5.56 Å². The Labute approximate surface area is 144 Å². The van der Waals surface area contributed by atoms with Gasteiger partial charge in [0.05, 0.1) is 5.56 Å². The number of rotatable bonds is 2. The van der Waals surface area contributed by atoms with E-state index in [9.17, 15) is 17.6 Å². The van der Waals surface area contributed by atoms with Crippen molar-refractivity contribution in [3.63, 3.8) is 0 Å². The maximum atomic E-state index is 14.0. The smallest absolute Gasteiger partial charge is 0.204 e. The summed E-state index contributed by atoms with van der Waals surface area (Å²) in [6.45, 7) is 0. The van der Waals surface area contributed by atoms with Crippen LogP contribution in [0.25, 0.3) is 11.1 Å². The van der Waals surface area contributed by atoms with Gasteiger partial charge in [0.15, 0.2) is 17.4 Å². The first kappa shape index (κ1) is 17.8. The lowest BCUT2D eigenvalue weighted by Crippen LogP contribution is -2.03. The molecule has 0 heterocycles. The lowest BCUT2D eigenvalue weighted by Gasteiger charge is -2.20. The van der Waals surface area contributed by atoms with Crippen molar-refractivity contribution in [1.29, 1.82) is 0 Å². The lowest BCUT2D eigenvalue weighted by molar-refractivity contribution is 0.358. The quantitative estimate of drug-likeness (QED) is 0.487. The van der Waals surface area contributed by atoms with Crippen LogP contribution in [0.1, 0.15) is 56.4 Å². The minimum absolute atomic E-state index is 0.0439. The maximum absolute atomic E-state index is 14.0. The summed E-state index contributed by atoms with van der Waals surface area (Å²) in [5, 5.41) is 9.07. The van der Waals surface area contributed by atoms with Crippen LogP contribution >= 0.6 is 0 Å². The summed E-state index contributed by atoms with van der Waals surface area (Å²) >= 11 is 0. The zero-order chi connectivity index (χ0) is 18.0. The van der Waals surface area contributed by atoms with Gasteiger partial charge < -0.3 is 5.11 Å². The average Bonchev–Trinajstić information content (AvgIpc) is 2.59. The average molecular weight is 352 g/mol. The van der Waals surface area contributed by atoms with E-state index in [1.807, 2.05) is 0 Å². The number of phenolic OH excluding ortho intramolecular Hbond substituents is 1. The van der Waals surface area contributed by atoms with Crippen molar-refractivity contribution in [2.45, 2.75) is 50.9 Å². The lowest BCUT2D eigenvalue weighted by atomic mass is 9.85. The Kier molecular flexibility index (Phi) is 5.30. The van der Waals surface area contributed by atoms with Gasteiger partial charge >= 0.3 is 0 Å². The van der Waals surface area contributed by atoms with Gasteiger partial charge in [-0.05, 0) is 29.9 Å². The molecule has 0 saturated heterocycles. The molecule has 0 amide bonds. The molecule has 1 fully saturated rings. The normalized spacial score (nSPS) is 16.5. The highest BCUT2D eigenvalue weighted by atomic mass is 19.2. The fourth-order valence-corrected chi connectivity index (χ4v) is 3.58. The molecule has 134 valence electrons. The number of aromatic hydroxyl groups is 1. The van der Waals surface area contributed by atoms with Crippen molar-refractivity contribution in [2.75, 3.05) is 0 Å². The first-order chi connectivity index (χ1) is 12.0. The number of hydrogen-bond donors (Lipinski definition) is 1. The predicted molar refractivity (Wildman–Crippen MR) is 88.4 cm³/mol. The second-order valence-electron chi connectivity index (χ2n) is 6.64. The molecule has 1 aliphatic carbocycles. The highest BCUT2D eigenvalue weighted by Gasteiger charge is 2.26. The molecule has 1 saturated carbocycles. The minimum Gasteiger partial charge on any atom is -0.503 e. The van der Waals surface area contributed by atoms with Crippen molar-refractivity contribution in [2.24, 2.45) is 0 Å². The highest BCUT2D eigenvalue weighted by molar-refractivity contribution is 5.66. The van der Waals surface area contributed by atoms with Crippen LogP contribution < -0.4 is 0 Å². The van der Waals surface area contributed by atoms with Crippen molar-refractivity contribution < 1.29 is 22.7 Å². The van der Waals surface area contributed by atoms with Gasteiger partial charge in [0, 0.05) is 0 Å². The van der Waals surface area contributed by atoms with E-state index in [2.05, 4.69) is 0 Å². The molecule has 1 aliphatic rings. The van der Waals surface area contributed by atoms with E-state index in [1.165, 1.54) is 31.4 Å². The molecule has 0 atom stereocenters. The van der Waals surface area contributed by atoms with Gasteiger partial charge in [0.1, 0.15) is 0 Å². The molecule has 1 N–H and O–H groups in total. The van der Waals surface area contributed by atoms with Crippen LogP contribution in [0.3, 0.4) is 0 Å². The first-order valence-corrected chi connectivity index (χ1v) is 8.66. The van der Waals surface area contributed by atoms with Crippen molar-refractivity contribution in [3.8, 4) is 16.9 Å². The van der Waals surface area contributed by atoms with Crippen molar-refractivity contribution in [3.05, 3.63) is 53.1 Å². The Bertz CT molecular complexity index is 718. The van der Waals surface area contributed by atoms with Crippen LogP contribution in [-0.4, -0.2) is 5.11 Å². The molecule has 3 rings (SSSR count). The Morgan fingerprint density at radius 3 is 1.68 bits per heavy atom. The van der Waals surface area contributed by atoms with E-state index >= 15 is 0 Å². The van der Waals surface area contributed by atoms with Gasteiger partial charge in [0.25, 0.3) is 0 Å². The van der Waals surface area contributed by atoms with Gasteiger partial charge in [-0.3, -0.25) is 0 Å².